The van der Waals surface area contributed by atoms with Crippen LogP contribution in [0.15, 0.2) is 10.7 Å². The number of hydrogen-bond acceptors (Lipinski definition) is 5. The summed E-state index contributed by atoms with van der Waals surface area (Å²) in [6.07, 6.45) is 4.15. The highest BCUT2D eigenvalue weighted by Crippen LogP contribution is 2.33. The van der Waals surface area contributed by atoms with Gasteiger partial charge < -0.3 is 15.8 Å². The average molecular weight is 287 g/mol. The molecule has 1 aliphatic carbocycles. The molecule has 0 aromatic carbocycles. The number of nitrogens with two attached hydrogens (primary N) is 1. The Morgan fingerprint density at radius 1 is 1.69 bits per heavy atom. The SMILES string of the molecule is COc1nc(NC(CN)C2CC2)ncc1Br. The molecule has 1 atom stereocenters. The molecule has 1 unspecified atom stereocenters. The van der Waals surface area contributed by atoms with Crippen molar-refractivity contribution >= 4 is 21.9 Å². The van der Waals surface area contributed by atoms with Crippen molar-refractivity contribution in [1.82, 2.24) is 9.97 Å². The van der Waals surface area contributed by atoms with Crippen LogP contribution in [0.4, 0.5) is 5.95 Å². The van der Waals surface area contributed by atoms with E-state index in [0.717, 1.165) is 4.47 Å². The van der Waals surface area contributed by atoms with Crippen LogP contribution in [-0.4, -0.2) is 29.7 Å². The second-order valence-electron chi connectivity index (χ2n) is 3.87. The number of nitrogens with zero attached hydrogens (tertiary/aromatic N) is 2. The van der Waals surface area contributed by atoms with E-state index in [9.17, 15) is 0 Å². The molecule has 1 aromatic heterocycles. The topological polar surface area (TPSA) is 73.1 Å². The zero-order valence-corrected chi connectivity index (χ0v) is 10.7. The molecule has 6 heteroatoms. The van der Waals surface area contributed by atoms with Gasteiger partial charge in [-0.25, -0.2) is 4.98 Å². The third kappa shape index (κ3) is 2.62. The molecule has 1 aromatic rings. The highest BCUT2D eigenvalue weighted by molar-refractivity contribution is 9.10. The van der Waals surface area contributed by atoms with Crippen molar-refractivity contribution in [2.75, 3.05) is 19.0 Å². The lowest BCUT2D eigenvalue weighted by molar-refractivity contribution is 0.394. The summed E-state index contributed by atoms with van der Waals surface area (Å²) in [5, 5.41) is 3.24. The first-order valence-corrected chi connectivity index (χ1v) is 6.07. The lowest BCUT2D eigenvalue weighted by atomic mass is 10.2. The Balaban J connectivity index is 2.08. The first-order valence-electron chi connectivity index (χ1n) is 5.27. The fraction of sp³-hybridized carbons (Fsp3) is 0.600. The van der Waals surface area contributed by atoms with Gasteiger partial charge in [0.15, 0.2) is 0 Å². The summed E-state index contributed by atoms with van der Waals surface area (Å²) in [4.78, 5) is 8.42. The number of aromatic nitrogens is 2. The van der Waals surface area contributed by atoms with Gasteiger partial charge in [-0.15, -0.1) is 0 Å². The number of ether oxygens (including phenoxy) is 1. The molecule has 0 spiro atoms. The van der Waals surface area contributed by atoms with Crippen molar-refractivity contribution in [1.29, 1.82) is 0 Å². The summed E-state index contributed by atoms with van der Waals surface area (Å²) >= 11 is 3.31. The van der Waals surface area contributed by atoms with Gasteiger partial charge in [0.1, 0.15) is 0 Å². The minimum Gasteiger partial charge on any atom is -0.480 e. The minimum absolute atomic E-state index is 0.269. The molecule has 16 heavy (non-hydrogen) atoms. The molecule has 0 saturated heterocycles. The first-order chi connectivity index (χ1) is 7.74. The molecule has 0 bridgehead atoms. The van der Waals surface area contributed by atoms with E-state index in [2.05, 4.69) is 31.2 Å². The van der Waals surface area contributed by atoms with Crippen LogP contribution in [0.1, 0.15) is 12.8 Å². The molecule has 3 N–H and O–H groups in total. The van der Waals surface area contributed by atoms with Crippen molar-refractivity contribution in [2.45, 2.75) is 18.9 Å². The van der Waals surface area contributed by atoms with Crippen molar-refractivity contribution < 1.29 is 4.74 Å². The Morgan fingerprint density at radius 2 is 2.44 bits per heavy atom. The fourth-order valence-electron chi connectivity index (χ4n) is 1.60. The minimum atomic E-state index is 0.269. The third-order valence-electron chi connectivity index (χ3n) is 2.66. The van der Waals surface area contributed by atoms with Crippen LogP contribution in [0.2, 0.25) is 0 Å². The van der Waals surface area contributed by atoms with Crippen LogP contribution in [0.25, 0.3) is 0 Å². The van der Waals surface area contributed by atoms with E-state index in [1.807, 2.05) is 0 Å². The quantitative estimate of drug-likeness (QED) is 0.856. The number of hydrogen-bond donors (Lipinski definition) is 2. The summed E-state index contributed by atoms with van der Waals surface area (Å²) in [5.74, 6) is 1.77. The standard InChI is InChI=1S/C10H15BrN4O/c1-16-9-7(11)5-13-10(15-9)14-8(4-12)6-2-3-6/h5-6,8H,2-4,12H2,1H3,(H,13,14,15). The number of anilines is 1. The molecule has 0 radical (unpaired) electrons. The van der Waals surface area contributed by atoms with E-state index >= 15 is 0 Å². The van der Waals surface area contributed by atoms with Gasteiger partial charge in [-0.3, -0.25) is 0 Å². The smallest absolute Gasteiger partial charge is 0.232 e. The Morgan fingerprint density at radius 3 is 3.00 bits per heavy atom. The normalized spacial score (nSPS) is 16.9. The molecule has 1 fully saturated rings. The molecule has 1 aliphatic rings. The van der Waals surface area contributed by atoms with E-state index in [-0.39, 0.29) is 6.04 Å². The molecule has 0 amide bonds. The van der Waals surface area contributed by atoms with Gasteiger partial charge in [0.05, 0.1) is 17.8 Å². The lowest BCUT2D eigenvalue weighted by Crippen LogP contribution is -2.31. The van der Waals surface area contributed by atoms with Crippen LogP contribution in [0, 0.1) is 5.92 Å². The molecular weight excluding hydrogens is 272 g/mol. The number of nitrogens with one attached hydrogen (secondary N) is 1. The van der Waals surface area contributed by atoms with Crippen LogP contribution in [0.3, 0.4) is 0 Å². The summed E-state index contributed by atoms with van der Waals surface area (Å²) in [6, 6.07) is 0.269. The third-order valence-corrected chi connectivity index (χ3v) is 3.21. The zero-order chi connectivity index (χ0) is 11.5. The molecule has 0 aliphatic heterocycles. The van der Waals surface area contributed by atoms with E-state index in [4.69, 9.17) is 10.5 Å². The summed E-state index contributed by atoms with van der Waals surface area (Å²) in [5.41, 5.74) is 5.70. The van der Waals surface area contributed by atoms with E-state index in [0.29, 0.717) is 24.3 Å². The predicted molar refractivity (Wildman–Crippen MR) is 65.5 cm³/mol. The largest absolute Gasteiger partial charge is 0.480 e. The highest BCUT2D eigenvalue weighted by Gasteiger charge is 2.30. The van der Waals surface area contributed by atoms with Gasteiger partial charge in [-0.2, -0.15) is 4.98 Å². The van der Waals surface area contributed by atoms with E-state index in [1.165, 1.54) is 12.8 Å². The summed E-state index contributed by atoms with van der Waals surface area (Å²) < 4.78 is 5.85. The predicted octanol–water partition coefficient (Wildman–Crippen LogP) is 1.40. The van der Waals surface area contributed by atoms with Crippen molar-refractivity contribution in [3.63, 3.8) is 0 Å². The maximum atomic E-state index is 5.70. The van der Waals surface area contributed by atoms with Gasteiger partial charge in [0.25, 0.3) is 0 Å². The second kappa shape index (κ2) is 4.97. The van der Waals surface area contributed by atoms with Crippen LogP contribution < -0.4 is 15.8 Å². The Hall–Kier alpha value is -0.880. The van der Waals surface area contributed by atoms with Gasteiger partial charge in [-0.05, 0) is 34.7 Å². The van der Waals surface area contributed by atoms with E-state index < -0.39 is 0 Å². The molecule has 1 saturated carbocycles. The monoisotopic (exact) mass is 286 g/mol. The van der Waals surface area contributed by atoms with Gasteiger partial charge in [0, 0.05) is 12.6 Å². The Labute approximate surface area is 103 Å². The molecule has 88 valence electrons. The van der Waals surface area contributed by atoms with Crippen LogP contribution >= 0.6 is 15.9 Å². The van der Waals surface area contributed by atoms with Crippen LogP contribution in [-0.2, 0) is 0 Å². The first kappa shape index (κ1) is 11.6. The number of halogens is 1. The van der Waals surface area contributed by atoms with Crippen molar-refractivity contribution in [2.24, 2.45) is 11.7 Å². The highest BCUT2D eigenvalue weighted by atomic mass is 79.9. The molecular formula is C10H15BrN4O. The average Bonchev–Trinajstić information content (AvgIpc) is 3.12. The molecule has 5 nitrogen and oxygen atoms in total. The van der Waals surface area contributed by atoms with Crippen LogP contribution in [0.5, 0.6) is 5.88 Å². The second-order valence-corrected chi connectivity index (χ2v) is 4.73. The number of methoxy groups -OCH3 is 1. The van der Waals surface area contributed by atoms with Gasteiger partial charge in [0.2, 0.25) is 11.8 Å². The van der Waals surface area contributed by atoms with Gasteiger partial charge >= 0.3 is 0 Å². The summed E-state index contributed by atoms with van der Waals surface area (Å²) in [6.45, 7) is 0.604. The zero-order valence-electron chi connectivity index (χ0n) is 9.11. The number of rotatable bonds is 5. The maximum Gasteiger partial charge on any atom is 0.232 e. The lowest BCUT2D eigenvalue weighted by Gasteiger charge is -2.16. The molecule has 2 rings (SSSR count). The van der Waals surface area contributed by atoms with E-state index in [1.54, 1.807) is 13.3 Å². The van der Waals surface area contributed by atoms with Gasteiger partial charge in [-0.1, -0.05) is 0 Å². The Bertz CT molecular complexity index is 370. The fourth-order valence-corrected chi connectivity index (χ4v) is 1.95. The summed E-state index contributed by atoms with van der Waals surface area (Å²) in [7, 11) is 1.58. The molecule has 1 heterocycles. The van der Waals surface area contributed by atoms with Crippen molar-refractivity contribution in [3.05, 3.63) is 10.7 Å². The Kier molecular flexibility index (Phi) is 3.60. The maximum absolute atomic E-state index is 5.70. The van der Waals surface area contributed by atoms with Crippen molar-refractivity contribution in [3.8, 4) is 5.88 Å².